The van der Waals surface area contributed by atoms with E-state index < -0.39 is 23.6 Å². The van der Waals surface area contributed by atoms with Gasteiger partial charge in [-0.2, -0.15) is 0 Å². The molecule has 0 aliphatic carbocycles. The first kappa shape index (κ1) is 35.0. The summed E-state index contributed by atoms with van der Waals surface area (Å²) in [6.07, 6.45) is 4.71. The third-order valence-electron chi connectivity index (χ3n) is 7.89. The van der Waals surface area contributed by atoms with Crippen molar-refractivity contribution in [3.63, 3.8) is 0 Å². The molecule has 0 saturated heterocycles. The second-order valence-corrected chi connectivity index (χ2v) is 12.3. The van der Waals surface area contributed by atoms with Crippen LogP contribution in [0.1, 0.15) is 65.1 Å². The number of halogens is 1. The predicted octanol–water partition coefficient (Wildman–Crippen LogP) is 4.74. The van der Waals surface area contributed by atoms with E-state index >= 15 is 0 Å². The number of carbonyl (C=O) groups excluding carboxylic acids is 5. The summed E-state index contributed by atoms with van der Waals surface area (Å²) in [5.41, 5.74) is 10.1. The van der Waals surface area contributed by atoms with Gasteiger partial charge in [0, 0.05) is 64.8 Å². The summed E-state index contributed by atoms with van der Waals surface area (Å²) >= 11 is 3.04. The highest BCUT2D eigenvalue weighted by Gasteiger charge is 2.22. The molecule has 4 heterocycles. The molecule has 1 aromatic carbocycles. The molecule has 0 unspecified atom stereocenters. The van der Waals surface area contributed by atoms with Gasteiger partial charge in [-0.05, 0) is 61.0 Å². The molecule has 4 aromatic heterocycles. The number of hydrogen-bond acceptors (Lipinski definition) is 6. The van der Waals surface area contributed by atoms with Gasteiger partial charge in [0.25, 0.3) is 29.5 Å². The maximum atomic E-state index is 13.2. The highest BCUT2D eigenvalue weighted by Crippen LogP contribution is 2.26. The van der Waals surface area contributed by atoms with Crippen LogP contribution >= 0.6 is 15.9 Å². The first-order chi connectivity index (χ1) is 23.7. The molecule has 0 radical (unpaired) electrons. The molecule has 0 fully saturated rings. The number of aromatic nitrogens is 4. The first-order valence-electron chi connectivity index (χ1n) is 15.1. The average Bonchev–Trinajstić information content (AvgIpc) is 3.83. The summed E-state index contributed by atoms with van der Waals surface area (Å²) in [7, 11) is 0. The van der Waals surface area contributed by atoms with E-state index in [1.54, 1.807) is 45.0 Å². The molecule has 16 nitrogen and oxygen atoms in total. The van der Waals surface area contributed by atoms with Gasteiger partial charge in [0.05, 0.1) is 27.4 Å². The predicted molar refractivity (Wildman–Crippen MR) is 194 cm³/mol. The van der Waals surface area contributed by atoms with Crippen LogP contribution < -0.4 is 32.3 Å². The molecule has 0 spiro atoms. The van der Waals surface area contributed by atoms with Gasteiger partial charge < -0.3 is 52.3 Å². The molecule has 5 aromatic rings. The molecule has 0 atom stereocenters. The summed E-state index contributed by atoms with van der Waals surface area (Å²) in [5, 5.41) is 21.7. The molecule has 17 heteroatoms. The second-order valence-electron chi connectivity index (χ2n) is 11.3. The number of carbonyl (C=O) groups is 5. The second kappa shape index (κ2) is 14.4. The Morgan fingerprint density at radius 1 is 0.760 bits per heavy atom. The Balaban J connectivity index is 1.21. The van der Waals surface area contributed by atoms with Crippen molar-refractivity contribution in [3.05, 3.63) is 93.4 Å². The van der Waals surface area contributed by atoms with Crippen LogP contribution in [0.4, 0.5) is 22.7 Å². The minimum Gasteiger partial charge on any atom is -0.388 e. The van der Waals surface area contributed by atoms with Gasteiger partial charge in [-0.1, -0.05) is 6.58 Å². The van der Waals surface area contributed by atoms with E-state index in [9.17, 15) is 24.0 Å². The number of amidine groups is 1. The molecule has 0 saturated carbocycles. The topological polar surface area (TPSA) is 259 Å². The summed E-state index contributed by atoms with van der Waals surface area (Å²) < 4.78 is 0.184. The van der Waals surface area contributed by atoms with Crippen LogP contribution in [0, 0.1) is 26.2 Å². The van der Waals surface area contributed by atoms with E-state index in [4.69, 9.17) is 11.1 Å². The van der Waals surface area contributed by atoms with Crippen molar-refractivity contribution >= 4 is 85.0 Å². The zero-order valence-corrected chi connectivity index (χ0v) is 28.7. The van der Waals surface area contributed by atoms with Crippen molar-refractivity contribution in [2.75, 3.05) is 27.8 Å². The number of aromatic amines is 4. The zero-order valence-electron chi connectivity index (χ0n) is 27.2. The van der Waals surface area contributed by atoms with E-state index in [0.29, 0.717) is 50.3 Å². The molecule has 12 N–H and O–H groups in total. The lowest BCUT2D eigenvalue weighted by atomic mass is 10.2. The number of nitrogens with two attached hydrogens (primary N) is 1. The number of anilines is 4. The fraction of sp³-hybridized carbons (Fsp3) is 0.152. The maximum absolute atomic E-state index is 13.2. The van der Waals surface area contributed by atoms with Crippen LogP contribution in [0.25, 0.3) is 10.9 Å². The lowest BCUT2D eigenvalue weighted by molar-refractivity contribution is -0.112. The van der Waals surface area contributed by atoms with Gasteiger partial charge >= 0.3 is 0 Å². The van der Waals surface area contributed by atoms with E-state index in [2.05, 4.69) is 69.0 Å². The van der Waals surface area contributed by atoms with Crippen LogP contribution in [-0.2, 0) is 4.79 Å². The average molecular weight is 745 g/mol. The van der Waals surface area contributed by atoms with Gasteiger partial charge in [0.2, 0.25) is 0 Å². The Kier molecular flexibility index (Phi) is 10.1. The molecule has 5 amide bonds. The Hall–Kier alpha value is -6.36. The van der Waals surface area contributed by atoms with Crippen molar-refractivity contribution in [1.29, 1.82) is 5.41 Å². The minimum absolute atomic E-state index is 0.0410. The zero-order chi connectivity index (χ0) is 36.3. The van der Waals surface area contributed by atoms with E-state index in [1.807, 2.05) is 0 Å². The number of fused-ring (bicyclic) bond motifs is 1. The van der Waals surface area contributed by atoms with E-state index in [0.717, 1.165) is 0 Å². The van der Waals surface area contributed by atoms with Crippen molar-refractivity contribution in [2.45, 2.75) is 27.2 Å². The van der Waals surface area contributed by atoms with Crippen molar-refractivity contribution < 1.29 is 24.0 Å². The largest absolute Gasteiger partial charge is 0.388 e. The standard InChI is InChI=1S/C33H34BrN11O5/c1-14-23(12-38-26(14)31(48)37-8-7-25(35)36)44-33(50)28-16(3)24(13-40-28)45-32(49)27-15(2)22(11-39-27)43-30(47)21-10-18-9-19(5-6-20(18)42-21)41-29(46)17(4)34/h5-6,9-13,38-40,42H,4,7-8H2,1-3H3,(H3,35,36)(H,37,48)(H,41,46)(H,43,47)(H,44,50)(H,45,49). The molecular weight excluding hydrogens is 710 g/mol. The number of nitrogens with one attached hydrogen (secondary N) is 10. The number of amides is 5. The van der Waals surface area contributed by atoms with E-state index in [-0.39, 0.29) is 52.0 Å². The first-order valence-corrected chi connectivity index (χ1v) is 15.9. The lowest BCUT2D eigenvalue weighted by Crippen LogP contribution is -2.28. The van der Waals surface area contributed by atoms with Crippen LogP contribution in [-0.4, -0.2) is 61.9 Å². The van der Waals surface area contributed by atoms with Gasteiger partial charge in [0.15, 0.2) is 0 Å². The fourth-order valence-corrected chi connectivity index (χ4v) is 5.17. The van der Waals surface area contributed by atoms with Crippen LogP contribution in [0.15, 0.2) is 53.9 Å². The Bertz CT molecular complexity index is 2200. The SMILES string of the molecule is C=C(Br)C(=O)Nc1ccc2[nH]c(C(=O)Nc3c[nH]c(C(=O)Nc4c[nH]c(C(=O)Nc5c[nH]c(C(=O)NCCC(=N)N)c5C)c4C)c3C)cc2c1. The van der Waals surface area contributed by atoms with Crippen molar-refractivity contribution in [2.24, 2.45) is 5.73 Å². The van der Waals surface area contributed by atoms with Gasteiger partial charge in [-0.15, -0.1) is 0 Å². The summed E-state index contributed by atoms with van der Waals surface area (Å²) in [6.45, 7) is 8.77. The van der Waals surface area contributed by atoms with Crippen molar-refractivity contribution in [3.8, 4) is 0 Å². The van der Waals surface area contributed by atoms with Crippen molar-refractivity contribution in [1.82, 2.24) is 25.3 Å². The smallest absolute Gasteiger partial charge is 0.272 e. The van der Waals surface area contributed by atoms with Crippen LogP contribution in [0.2, 0.25) is 0 Å². The minimum atomic E-state index is -0.495. The molecule has 0 aliphatic rings. The normalized spacial score (nSPS) is 10.8. The molecule has 0 bridgehead atoms. The molecule has 0 aliphatic heterocycles. The molecular formula is C33H34BrN11O5. The highest BCUT2D eigenvalue weighted by molar-refractivity contribution is 9.12. The quantitative estimate of drug-likeness (QED) is 0.0488. The third kappa shape index (κ3) is 7.52. The number of rotatable bonds is 12. The Labute approximate surface area is 293 Å². The number of H-pyrrole nitrogens is 4. The number of benzene rings is 1. The molecule has 258 valence electrons. The molecule has 50 heavy (non-hydrogen) atoms. The summed E-state index contributed by atoms with van der Waals surface area (Å²) in [6, 6.07) is 6.80. The summed E-state index contributed by atoms with van der Waals surface area (Å²) in [5.74, 6) is -2.25. The van der Waals surface area contributed by atoms with Crippen LogP contribution in [0.3, 0.4) is 0 Å². The Morgan fingerprint density at radius 3 is 1.76 bits per heavy atom. The van der Waals surface area contributed by atoms with Crippen LogP contribution in [0.5, 0.6) is 0 Å². The van der Waals surface area contributed by atoms with Gasteiger partial charge in [-0.3, -0.25) is 29.4 Å². The lowest BCUT2D eigenvalue weighted by Gasteiger charge is -2.07. The monoisotopic (exact) mass is 743 g/mol. The number of hydrogen-bond donors (Lipinski definition) is 11. The summed E-state index contributed by atoms with van der Waals surface area (Å²) in [4.78, 5) is 75.5. The van der Waals surface area contributed by atoms with E-state index in [1.165, 1.54) is 18.6 Å². The highest BCUT2D eigenvalue weighted by atomic mass is 79.9. The van der Waals surface area contributed by atoms with Gasteiger partial charge in [0.1, 0.15) is 22.8 Å². The maximum Gasteiger partial charge on any atom is 0.272 e. The third-order valence-corrected chi connectivity index (χ3v) is 8.25. The Morgan fingerprint density at radius 2 is 1.26 bits per heavy atom. The van der Waals surface area contributed by atoms with Gasteiger partial charge in [-0.25, -0.2) is 0 Å². The molecule has 5 rings (SSSR count). The fourth-order valence-electron chi connectivity index (χ4n) is 5.07.